The number of thioether (sulfide) groups is 1. The number of benzene rings is 1. The van der Waals surface area contributed by atoms with Gasteiger partial charge in [0.05, 0.1) is 17.9 Å². The number of hydrogen-bond acceptors (Lipinski definition) is 4. The molecule has 0 radical (unpaired) electrons. The molecule has 4 atom stereocenters. The van der Waals surface area contributed by atoms with E-state index >= 15 is 0 Å². The lowest BCUT2D eigenvalue weighted by Gasteiger charge is -2.30. The molecule has 0 aromatic heterocycles. The Labute approximate surface area is 170 Å². The summed E-state index contributed by atoms with van der Waals surface area (Å²) >= 11 is 1.50. The number of likely N-dealkylation sites (tertiary alicyclic amines) is 1. The molecule has 150 valence electrons. The van der Waals surface area contributed by atoms with Crippen LogP contribution in [0.4, 0.5) is 0 Å². The summed E-state index contributed by atoms with van der Waals surface area (Å²) in [5.74, 6) is -0.447. The number of rotatable bonds is 5. The fourth-order valence-corrected chi connectivity index (χ4v) is 5.71. The molecule has 3 aliphatic rings. The number of nitrogens with zero attached hydrogens (tertiary/aromatic N) is 1. The predicted molar refractivity (Wildman–Crippen MR) is 110 cm³/mol. The molecular weight excluding hydrogens is 372 g/mol. The molecule has 4 rings (SSSR count). The maximum absolute atomic E-state index is 13.2. The zero-order valence-electron chi connectivity index (χ0n) is 16.4. The van der Waals surface area contributed by atoms with Gasteiger partial charge >= 0.3 is 0 Å². The number of carbonyl (C=O) groups excluding carboxylic acids is 3. The van der Waals surface area contributed by atoms with E-state index in [1.807, 2.05) is 18.4 Å². The predicted octanol–water partition coefficient (Wildman–Crippen LogP) is 3.09. The summed E-state index contributed by atoms with van der Waals surface area (Å²) in [6.07, 6.45) is 8.39. The number of nitrogens with one attached hydrogen (secondary N) is 1. The molecule has 0 spiro atoms. The Morgan fingerprint density at radius 1 is 1.11 bits per heavy atom. The number of carbonyl (C=O) groups is 3. The van der Waals surface area contributed by atoms with Gasteiger partial charge in [-0.15, -0.1) is 0 Å². The highest BCUT2D eigenvalue weighted by molar-refractivity contribution is 7.98. The monoisotopic (exact) mass is 400 g/mol. The van der Waals surface area contributed by atoms with Crippen LogP contribution < -0.4 is 5.32 Å². The summed E-state index contributed by atoms with van der Waals surface area (Å²) < 4.78 is 0. The highest BCUT2D eigenvalue weighted by Crippen LogP contribution is 2.39. The van der Waals surface area contributed by atoms with Crippen molar-refractivity contribution in [1.29, 1.82) is 0 Å². The molecule has 1 aromatic rings. The molecule has 2 fully saturated rings. The topological polar surface area (TPSA) is 66.5 Å². The van der Waals surface area contributed by atoms with Crippen LogP contribution in [-0.4, -0.2) is 40.7 Å². The van der Waals surface area contributed by atoms with E-state index in [0.717, 1.165) is 50.5 Å². The van der Waals surface area contributed by atoms with Gasteiger partial charge in [0, 0.05) is 5.75 Å². The van der Waals surface area contributed by atoms with Crippen molar-refractivity contribution < 1.29 is 14.4 Å². The molecule has 1 saturated carbocycles. The second-order valence-electron chi connectivity index (χ2n) is 8.17. The Morgan fingerprint density at radius 2 is 1.79 bits per heavy atom. The van der Waals surface area contributed by atoms with Crippen molar-refractivity contribution in [2.75, 3.05) is 12.0 Å². The third kappa shape index (κ3) is 3.47. The summed E-state index contributed by atoms with van der Waals surface area (Å²) in [5.41, 5.74) is 2.44. The standard InChI is InChI=1S/C22H28N2O3S/c1-28-13-19(24-21(26)16-10-4-5-11-17(16)22(24)27)20(25)23-18-12-6-8-14-7-2-3-9-15(14)18/h2-3,7,9,16-19H,4-6,8,10-13H2,1H3,(H,23,25)/t16-,17+,18-,19-/m0/s1. The van der Waals surface area contributed by atoms with Crippen LogP contribution in [0.2, 0.25) is 0 Å². The second-order valence-corrected chi connectivity index (χ2v) is 9.08. The van der Waals surface area contributed by atoms with Gasteiger partial charge in [0.1, 0.15) is 6.04 Å². The van der Waals surface area contributed by atoms with E-state index < -0.39 is 6.04 Å². The molecule has 6 heteroatoms. The zero-order chi connectivity index (χ0) is 19.7. The Morgan fingerprint density at radius 3 is 2.46 bits per heavy atom. The van der Waals surface area contributed by atoms with E-state index in [1.54, 1.807) is 0 Å². The first-order valence-corrected chi connectivity index (χ1v) is 11.7. The number of fused-ring (bicyclic) bond motifs is 2. The molecule has 0 bridgehead atoms. The Kier molecular flexibility index (Phi) is 5.76. The van der Waals surface area contributed by atoms with Gasteiger partial charge in [0.2, 0.25) is 17.7 Å². The molecular formula is C22H28N2O3S. The Balaban J connectivity index is 1.54. The smallest absolute Gasteiger partial charge is 0.244 e. The van der Waals surface area contributed by atoms with Crippen LogP contribution >= 0.6 is 11.8 Å². The minimum atomic E-state index is -0.713. The zero-order valence-corrected chi connectivity index (χ0v) is 17.2. The minimum absolute atomic E-state index is 0.0445. The molecule has 0 unspecified atom stereocenters. The quantitative estimate of drug-likeness (QED) is 0.772. The highest BCUT2D eigenvalue weighted by atomic mass is 32.2. The lowest BCUT2D eigenvalue weighted by Crippen LogP contribution is -2.52. The Hall–Kier alpha value is -1.82. The van der Waals surface area contributed by atoms with Gasteiger partial charge in [0.25, 0.3) is 0 Å². The SMILES string of the molecule is CSC[C@@H](C(=O)N[C@H]1CCCc2ccccc21)N1C(=O)[C@H]2CCCC[C@H]2C1=O. The average molecular weight is 401 g/mol. The molecule has 5 nitrogen and oxygen atoms in total. The van der Waals surface area contributed by atoms with Gasteiger partial charge in [-0.05, 0) is 49.5 Å². The number of amides is 3. The first kappa shape index (κ1) is 19.5. The van der Waals surface area contributed by atoms with Crippen molar-refractivity contribution in [3.8, 4) is 0 Å². The minimum Gasteiger partial charge on any atom is -0.347 e. The normalized spacial score (nSPS) is 27.9. The molecule has 1 saturated heterocycles. The summed E-state index contributed by atoms with van der Waals surface area (Å²) in [7, 11) is 0. The lowest BCUT2D eigenvalue weighted by atomic mass is 9.81. The molecule has 3 amide bonds. The third-order valence-corrected chi connectivity index (χ3v) is 7.15. The van der Waals surface area contributed by atoms with Crippen LogP contribution in [0.15, 0.2) is 24.3 Å². The summed E-state index contributed by atoms with van der Waals surface area (Å²) in [6.45, 7) is 0. The van der Waals surface area contributed by atoms with Gasteiger partial charge in [-0.25, -0.2) is 0 Å². The van der Waals surface area contributed by atoms with Crippen molar-refractivity contribution >= 4 is 29.5 Å². The van der Waals surface area contributed by atoms with Gasteiger partial charge in [-0.2, -0.15) is 11.8 Å². The number of imide groups is 1. The Bertz CT molecular complexity index is 757. The van der Waals surface area contributed by atoms with Crippen LogP contribution in [0.1, 0.15) is 55.7 Å². The van der Waals surface area contributed by atoms with Gasteiger partial charge < -0.3 is 5.32 Å². The van der Waals surface area contributed by atoms with Crippen molar-refractivity contribution in [2.24, 2.45) is 11.8 Å². The van der Waals surface area contributed by atoms with E-state index in [4.69, 9.17) is 0 Å². The van der Waals surface area contributed by atoms with E-state index in [0.29, 0.717) is 5.75 Å². The highest BCUT2D eigenvalue weighted by Gasteiger charge is 2.51. The van der Waals surface area contributed by atoms with Crippen LogP contribution in [-0.2, 0) is 20.8 Å². The van der Waals surface area contributed by atoms with Gasteiger partial charge in [-0.1, -0.05) is 37.1 Å². The maximum Gasteiger partial charge on any atom is 0.244 e. The fourth-order valence-electron chi connectivity index (χ4n) is 5.09. The van der Waals surface area contributed by atoms with Gasteiger partial charge in [0.15, 0.2) is 0 Å². The molecule has 28 heavy (non-hydrogen) atoms. The van der Waals surface area contributed by atoms with E-state index in [1.165, 1.54) is 22.2 Å². The molecule has 1 aliphatic heterocycles. The maximum atomic E-state index is 13.2. The van der Waals surface area contributed by atoms with Crippen LogP contribution in [0.25, 0.3) is 0 Å². The average Bonchev–Trinajstić information content (AvgIpc) is 2.97. The summed E-state index contributed by atoms with van der Waals surface area (Å²) in [6, 6.07) is 7.46. The van der Waals surface area contributed by atoms with Crippen molar-refractivity contribution in [3.05, 3.63) is 35.4 Å². The lowest BCUT2D eigenvalue weighted by molar-refractivity contribution is -0.147. The molecule has 1 aromatic carbocycles. The molecule has 1 heterocycles. The first-order chi connectivity index (χ1) is 13.6. The largest absolute Gasteiger partial charge is 0.347 e. The number of aryl methyl sites for hydroxylation is 1. The van der Waals surface area contributed by atoms with Crippen molar-refractivity contribution in [1.82, 2.24) is 10.2 Å². The first-order valence-electron chi connectivity index (χ1n) is 10.4. The van der Waals surface area contributed by atoms with Crippen LogP contribution in [0.3, 0.4) is 0 Å². The number of hydrogen-bond donors (Lipinski definition) is 1. The summed E-state index contributed by atoms with van der Waals surface area (Å²) in [4.78, 5) is 40.5. The summed E-state index contributed by atoms with van der Waals surface area (Å²) in [5, 5.41) is 3.16. The van der Waals surface area contributed by atoms with Crippen molar-refractivity contribution in [3.63, 3.8) is 0 Å². The van der Waals surface area contributed by atoms with Crippen molar-refractivity contribution in [2.45, 2.75) is 57.0 Å². The molecule has 2 aliphatic carbocycles. The van der Waals surface area contributed by atoms with Crippen LogP contribution in [0, 0.1) is 11.8 Å². The van der Waals surface area contributed by atoms with Crippen LogP contribution in [0.5, 0.6) is 0 Å². The molecule has 1 N–H and O–H groups in total. The van der Waals surface area contributed by atoms with E-state index in [-0.39, 0.29) is 35.6 Å². The second kappa shape index (κ2) is 8.27. The fraction of sp³-hybridized carbons (Fsp3) is 0.591. The van der Waals surface area contributed by atoms with E-state index in [9.17, 15) is 14.4 Å². The van der Waals surface area contributed by atoms with Gasteiger partial charge in [-0.3, -0.25) is 19.3 Å². The van der Waals surface area contributed by atoms with E-state index in [2.05, 4.69) is 17.4 Å². The third-order valence-electron chi connectivity index (χ3n) is 6.50.